The molecule has 0 spiro atoms. The maximum Gasteiger partial charge on any atom is 0.325 e. The lowest BCUT2D eigenvalue weighted by molar-refractivity contribution is -0.137. The van der Waals surface area contributed by atoms with Gasteiger partial charge in [-0.15, -0.1) is 0 Å². The van der Waals surface area contributed by atoms with Crippen molar-refractivity contribution in [3.8, 4) is 0 Å². The molecule has 0 radical (unpaired) electrons. The Balaban J connectivity index is 1.50. The van der Waals surface area contributed by atoms with Gasteiger partial charge in [-0.1, -0.05) is 18.2 Å². The van der Waals surface area contributed by atoms with Crippen molar-refractivity contribution in [2.45, 2.75) is 31.8 Å². The number of nitrogens with zero attached hydrogens (tertiary/aromatic N) is 3. The number of carbonyl (C=O) groups is 2. The third kappa shape index (κ3) is 5.37. The highest BCUT2D eigenvalue weighted by Gasteiger charge is 2.24. The zero-order valence-electron chi connectivity index (χ0n) is 15.0. The highest BCUT2D eigenvalue weighted by atomic mass is 19.1. The number of hydrogen-bond acceptors (Lipinski definition) is 4. The Morgan fingerprint density at radius 3 is 2.85 bits per heavy atom. The molecule has 2 N–H and O–H groups in total. The molecule has 1 aromatic heterocycles. The van der Waals surface area contributed by atoms with Gasteiger partial charge in [-0.25, -0.2) is 4.39 Å². The Bertz CT molecular complexity index is 808. The molecule has 1 aliphatic heterocycles. The number of carboxylic acid groups (broad SMARTS) is 1. The van der Waals surface area contributed by atoms with Crippen LogP contribution in [0.1, 0.15) is 30.0 Å². The molecule has 3 rings (SSSR count). The number of aromatic nitrogens is 2. The third-order valence-corrected chi connectivity index (χ3v) is 4.68. The molecule has 2 heterocycles. The second kappa shape index (κ2) is 8.77. The summed E-state index contributed by atoms with van der Waals surface area (Å²) >= 11 is 0. The second-order valence-corrected chi connectivity index (χ2v) is 6.77. The Morgan fingerprint density at radius 2 is 2.07 bits per heavy atom. The van der Waals surface area contributed by atoms with Crippen LogP contribution >= 0.6 is 0 Å². The van der Waals surface area contributed by atoms with Crippen LogP contribution in [0.2, 0.25) is 0 Å². The lowest BCUT2D eigenvalue weighted by Gasteiger charge is -2.31. The van der Waals surface area contributed by atoms with Gasteiger partial charge in [-0.05, 0) is 31.5 Å². The van der Waals surface area contributed by atoms with Crippen LogP contribution in [0, 0.1) is 5.82 Å². The molecule has 2 aromatic rings. The van der Waals surface area contributed by atoms with Crippen molar-refractivity contribution in [1.82, 2.24) is 20.0 Å². The first-order chi connectivity index (χ1) is 13.0. The number of carboxylic acids is 1. The van der Waals surface area contributed by atoms with E-state index in [0.717, 1.165) is 25.1 Å². The zero-order valence-corrected chi connectivity index (χ0v) is 15.0. The molecule has 0 saturated carbocycles. The Labute approximate surface area is 156 Å². The normalized spacial score (nSPS) is 17.6. The van der Waals surface area contributed by atoms with Gasteiger partial charge in [0.15, 0.2) is 0 Å². The molecule has 1 aliphatic rings. The van der Waals surface area contributed by atoms with Crippen molar-refractivity contribution < 1.29 is 19.1 Å². The van der Waals surface area contributed by atoms with Gasteiger partial charge in [0.2, 0.25) is 5.91 Å². The number of piperidine rings is 1. The molecule has 1 saturated heterocycles. The number of nitrogens with one attached hydrogen (secondary N) is 1. The smallest absolute Gasteiger partial charge is 0.325 e. The van der Waals surface area contributed by atoms with E-state index < -0.39 is 5.97 Å². The molecular formula is C19H23FN4O3. The van der Waals surface area contributed by atoms with E-state index in [1.807, 2.05) is 6.07 Å². The lowest BCUT2D eigenvalue weighted by Crippen LogP contribution is -2.42. The van der Waals surface area contributed by atoms with Crippen molar-refractivity contribution in [2.75, 3.05) is 19.6 Å². The summed E-state index contributed by atoms with van der Waals surface area (Å²) < 4.78 is 15.0. The SMILES string of the molecule is O=C(O)Cn1ccc(C2CCCN(CC(=O)NCc3ccccc3F)C2)n1. The highest BCUT2D eigenvalue weighted by Crippen LogP contribution is 2.25. The van der Waals surface area contributed by atoms with E-state index in [9.17, 15) is 14.0 Å². The molecule has 1 amide bonds. The molecule has 144 valence electrons. The minimum Gasteiger partial charge on any atom is -0.480 e. The number of carbonyl (C=O) groups excluding carboxylic acids is 1. The van der Waals surface area contributed by atoms with Crippen molar-refractivity contribution in [2.24, 2.45) is 0 Å². The first kappa shape index (κ1) is 19.0. The molecule has 27 heavy (non-hydrogen) atoms. The number of benzene rings is 1. The maximum absolute atomic E-state index is 13.6. The van der Waals surface area contributed by atoms with Gasteiger partial charge in [0.25, 0.3) is 0 Å². The quantitative estimate of drug-likeness (QED) is 0.769. The van der Waals surface area contributed by atoms with Crippen LogP contribution in [-0.4, -0.2) is 51.3 Å². The van der Waals surface area contributed by atoms with Crippen LogP contribution in [0.3, 0.4) is 0 Å². The first-order valence-electron chi connectivity index (χ1n) is 8.99. The Kier molecular flexibility index (Phi) is 6.18. The van der Waals surface area contributed by atoms with Gasteiger partial charge in [0.1, 0.15) is 12.4 Å². The molecule has 7 nitrogen and oxygen atoms in total. The molecule has 8 heteroatoms. The van der Waals surface area contributed by atoms with Crippen LogP contribution in [0.25, 0.3) is 0 Å². The van der Waals surface area contributed by atoms with Crippen molar-refractivity contribution in [3.63, 3.8) is 0 Å². The van der Waals surface area contributed by atoms with Crippen LogP contribution in [-0.2, 0) is 22.7 Å². The van der Waals surface area contributed by atoms with Crippen LogP contribution in [0.5, 0.6) is 0 Å². The fourth-order valence-electron chi connectivity index (χ4n) is 3.36. The zero-order chi connectivity index (χ0) is 19.2. The van der Waals surface area contributed by atoms with Crippen molar-refractivity contribution in [1.29, 1.82) is 0 Å². The number of likely N-dealkylation sites (tertiary alicyclic amines) is 1. The number of halogens is 1. The van der Waals surface area contributed by atoms with E-state index in [4.69, 9.17) is 5.11 Å². The minimum atomic E-state index is -0.929. The van der Waals surface area contributed by atoms with Gasteiger partial charge in [0.05, 0.1) is 12.2 Å². The summed E-state index contributed by atoms with van der Waals surface area (Å²) in [5.41, 5.74) is 1.32. The predicted molar refractivity (Wildman–Crippen MR) is 96.5 cm³/mol. The van der Waals surface area contributed by atoms with Gasteiger partial charge < -0.3 is 10.4 Å². The largest absolute Gasteiger partial charge is 0.480 e. The summed E-state index contributed by atoms with van der Waals surface area (Å²) in [6.45, 7) is 1.77. The van der Waals surface area contributed by atoms with Crippen molar-refractivity contribution in [3.05, 3.63) is 53.6 Å². The Hall–Kier alpha value is -2.74. The molecule has 0 aliphatic carbocycles. The van der Waals surface area contributed by atoms with E-state index >= 15 is 0 Å². The van der Waals surface area contributed by atoms with Gasteiger partial charge in [-0.3, -0.25) is 19.2 Å². The van der Waals surface area contributed by atoms with E-state index in [1.165, 1.54) is 10.7 Å². The van der Waals surface area contributed by atoms with E-state index in [-0.39, 0.29) is 37.3 Å². The second-order valence-electron chi connectivity index (χ2n) is 6.77. The number of hydrogen-bond donors (Lipinski definition) is 2. The first-order valence-corrected chi connectivity index (χ1v) is 8.99. The minimum absolute atomic E-state index is 0.143. The predicted octanol–water partition coefficient (Wildman–Crippen LogP) is 1.60. The van der Waals surface area contributed by atoms with Crippen LogP contribution < -0.4 is 5.32 Å². The highest BCUT2D eigenvalue weighted by molar-refractivity contribution is 5.78. The summed E-state index contributed by atoms with van der Waals surface area (Å²) in [6.07, 6.45) is 3.57. The average molecular weight is 374 g/mol. The molecule has 0 bridgehead atoms. The number of rotatable bonds is 7. The molecular weight excluding hydrogens is 351 g/mol. The molecule has 1 atom stereocenters. The molecule has 1 fully saturated rings. The van der Waals surface area contributed by atoms with E-state index in [0.29, 0.717) is 12.1 Å². The van der Waals surface area contributed by atoms with Crippen LogP contribution in [0.15, 0.2) is 36.5 Å². The van der Waals surface area contributed by atoms with Crippen LogP contribution in [0.4, 0.5) is 4.39 Å². The monoisotopic (exact) mass is 374 g/mol. The summed E-state index contributed by atoms with van der Waals surface area (Å²) in [7, 11) is 0. The van der Waals surface area contributed by atoms with E-state index in [2.05, 4.69) is 15.3 Å². The fourth-order valence-corrected chi connectivity index (χ4v) is 3.36. The summed E-state index contributed by atoms with van der Waals surface area (Å²) in [4.78, 5) is 25.0. The van der Waals surface area contributed by atoms with Gasteiger partial charge >= 0.3 is 5.97 Å². The third-order valence-electron chi connectivity index (χ3n) is 4.68. The average Bonchev–Trinajstić information content (AvgIpc) is 3.09. The summed E-state index contributed by atoms with van der Waals surface area (Å²) in [5.74, 6) is -1.22. The van der Waals surface area contributed by atoms with Gasteiger partial charge in [0, 0.05) is 30.8 Å². The Morgan fingerprint density at radius 1 is 1.26 bits per heavy atom. The lowest BCUT2D eigenvalue weighted by atomic mass is 9.95. The summed E-state index contributed by atoms with van der Waals surface area (Å²) in [6, 6.07) is 8.23. The summed E-state index contributed by atoms with van der Waals surface area (Å²) in [5, 5.41) is 15.9. The van der Waals surface area contributed by atoms with Gasteiger partial charge in [-0.2, -0.15) is 5.10 Å². The number of aliphatic carboxylic acids is 1. The fraction of sp³-hybridized carbons (Fsp3) is 0.421. The number of amides is 1. The molecule has 1 unspecified atom stereocenters. The standard InChI is InChI=1S/C19H23FN4O3/c20-16-6-2-1-4-14(16)10-21-18(25)12-23-8-3-5-15(11-23)17-7-9-24(22-17)13-19(26)27/h1-2,4,6-7,9,15H,3,5,8,10-13H2,(H,21,25)(H,26,27). The van der Waals surface area contributed by atoms with Crippen molar-refractivity contribution >= 4 is 11.9 Å². The van der Waals surface area contributed by atoms with E-state index in [1.54, 1.807) is 24.4 Å². The molecule has 1 aromatic carbocycles. The topological polar surface area (TPSA) is 87.5 Å². The maximum atomic E-state index is 13.6.